The molecule has 3 rings (SSSR count). The molecule has 2 N–H and O–H groups in total. The number of carbonyl (C=O) groups is 1. The number of nitrogens with one attached hydrogen (secondary N) is 2. The van der Waals surface area contributed by atoms with Gasteiger partial charge in [-0.05, 0) is 55.3 Å². The van der Waals surface area contributed by atoms with Crippen LogP contribution in [0.15, 0.2) is 42.5 Å². The molecule has 6 heteroatoms. The summed E-state index contributed by atoms with van der Waals surface area (Å²) in [6.07, 6.45) is 2.26. The van der Waals surface area contributed by atoms with Crippen molar-refractivity contribution in [2.45, 2.75) is 25.5 Å². The van der Waals surface area contributed by atoms with Gasteiger partial charge in [-0.25, -0.2) is 0 Å². The van der Waals surface area contributed by atoms with E-state index in [1.807, 2.05) is 24.3 Å². The van der Waals surface area contributed by atoms with Crippen LogP contribution in [0.5, 0.6) is 11.5 Å². The molecule has 0 spiro atoms. The Morgan fingerprint density at radius 1 is 1.23 bits per heavy atom. The first-order valence-corrected chi connectivity index (χ1v) is 9.10. The summed E-state index contributed by atoms with van der Waals surface area (Å²) in [5.74, 6) is 1.02. The second-order valence-corrected chi connectivity index (χ2v) is 6.72. The van der Waals surface area contributed by atoms with Crippen molar-refractivity contribution in [3.8, 4) is 11.5 Å². The lowest BCUT2D eigenvalue weighted by Crippen LogP contribution is -2.37. The molecule has 1 unspecified atom stereocenters. The predicted molar refractivity (Wildman–Crippen MR) is 102 cm³/mol. The first-order valence-electron chi connectivity index (χ1n) is 8.72. The molecule has 2 aromatic carbocycles. The summed E-state index contributed by atoms with van der Waals surface area (Å²) in [5.41, 5.74) is 1.56. The first kappa shape index (κ1) is 18.5. The van der Waals surface area contributed by atoms with Gasteiger partial charge in [0, 0.05) is 23.2 Å². The van der Waals surface area contributed by atoms with E-state index in [0.717, 1.165) is 24.9 Å². The maximum atomic E-state index is 12.3. The van der Waals surface area contributed by atoms with Crippen molar-refractivity contribution >= 4 is 17.5 Å². The lowest BCUT2D eigenvalue weighted by Gasteiger charge is -2.14. The third-order valence-corrected chi connectivity index (χ3v) is 4.66. The number of hydrogen-bond donors (Lipinski definition) is 2. The molecule has 138 valence electrons. The molecule has 1 aliphatic heterocycles. The van der Waals surface area contributed by atoms with Crippen LogP contribution in [0.2, 0.25) is 5.02 Å². The molecule has 1 heterocycles. The monoisotopic (exact) mass is 374 g/mol. The van der Waals surface area contributed by atoms with Crippen molar-refractivity contribution in [2.75, 3.05) is 20.2 Å². The van der Waals surface area contributed by atoms with Crippen LogP contribution in [0, 0.1) is 0 Å². The van der Waals surface area contributed by atoms with E-state index in [9.17, 15) is 4.79 Å². The van der Waals surface area contributed by atoms with Crippen LogP contribution in [-0.4, -0.2) is 32.1 Å². The summed E-state index contributed by atoms with van der Waals surface area (Å²) in [5, 5.41) is 7.02. The van der Waals surface area contributed by atoms with Crippen molar-refractivity contribution in [3.05, 3.63) is 58.6 Å². The predicted octanol–water partition coefficient (Wildman–Crippen LogP) is 3.41. The highest BCUT2D eigenvalue weighted by Gasteiger charge is 2.16. The Labute approximate surface area is 158 Å². The molecule has 2 aromatic rings. The van der Waals surface area contributed by atoms with Gasteiger partial charge < -0.3 is 20.1 Å². The van der Waals surface area contributed by atoms with Crippen molar-refractivity contribution in [3.63, 3.8) is 0 Å². The number of halogens is 1. The molecule has 1 fully saturated rings. The smallest absolute Gasteiger partial charge is 0.251 e. The number of hydrogen-bond acceptors (Lipinski definition) is 4. The van der Waals surface area contributed by atoms with Gasteiger partial charge in [0.2, 0.25) is 0 Å². The fraction of sp³-hybridized carbons (Fsp3) is 0.350. The van der Waals surface area contributed by atoms with Gasteiger partial charge in [-0.3, -0.25) is 4.79 Å². The van der Waals surface area contributed by atoms with E-state index in [-0.39, 0.29) is 5.91 Å². The van der Waals surface area contributed by atoms with Crippen LogP contribution >= 0.6 is 11.6 Å². The highest BCUT2D eigenvalue weighted by Crippen LogP contribution is 2.29. The van der Waals surface area contributed by atoms with E-state index in [4.69, 9.17) is 21.1 Å². The summed E-state index contributed by atoms with van der Waals surface area (Å²) in [6, 6.07) is 13.0. The average molecular weight is 375 g/mol. The maximum Gasteiger partial charge on any atom is 0.251 e. The summed E-state index contributed by atoms with van der Waals surface area (Å²) in [7, 11) is 1.56. The summed E-state index contributed by atoms with van der Waals surface area (Å²) in [6.45, 7) is 2.05. The number of ether oxygens (including phenoxy) is 2. The van der Waals surface area contributed by atoms with Crippen molar-refractivity contribution in [2.24, 2.45) is 0 Å². The van der Waals surface area contributed by atoms with Crippen molar-refractivity contribution < 1.29 is 14.3 Å². The largest absolute Gasteiger partial charge is 0.493 e. The third-order valence-electron chi connectivity index (χ3n) is 4.40. The number of methoxy groups -OCH3 is 1. The van der Waals surface area contributed by atoms with E-state index in [0.29, 0.717) is 41.3 Å². The number of amides is 1. The van der Waals surface area contributed by atoms with Gasteiger partial charge in [0.1, 0.15) is 6.61 Å². The Morgan fingerprint density at radius 2 is 2.04 bits per heavy atom. The van der Waals surface area contributed by atoms with E-state index in [2.05, 4.69) is 10.6 Å². The summed E-state index contributed by atoms with van der Waals surface area (Å²) >= 11 is 5.89. The Bertz CT molecular complexity index is 743. The zero-order chi connectivity index (χ0) is 18.4. The van der Waals surface area contributed by atoms with Gasteiger partial charge in [-0.1, -0.05) is 23.7 Å². The highest BCUT2D eigenvalue weighted by molar-refractivity contribution is 6.30. The Hall–Kier alpha value is -2.24. The minimum absolute atomic E-state index is 0.110. The Morgan fingerprint density at radius 3 is 2.73 bits per heavy atom. The molecule has 0 saturated carbocycles. The van der Waals surface area contributed by atoms with Gasteiger partial charge in [-0.2, -0.15) is 0 Å². The van der Waals surface area contributed by atoms with Gasteiger partial charge in [0.05, 0.1) is 7.11 Å². The second kappa shape index (κ2) is 8.92. The SMILES string of the molecule is COc1cc(C(=O)NCC2CCCN2)ccc1OCc1ccc(Cl)cc1. The number of rotatable bonds is 7. The van der Waals surface area contributed by atoms with Crippen LogP contribution in [0.4, 0.5) is 0 Å². The zero-order valence-corrected chi connectivity index (χ0v) is 15.5. The second-order valence-electron chi connectivity index (χ2n) is 6.28. The lowest BCUT2D eigenvalue weighted by atomic mass is 10.1. The molecule has 1 amide bonds. The van der Waals surface area contributed by atoms with Gasteiger partial charge in [0.25, 0.3) is 5.91 Å². The molecule has 0 radical (unpaired) electrons. The van der Waals surface area contributed by atoms with Gasteiger partial charge in [-0.15, -0.1) is 0 Å². The number of benzene rings is 2. The zero-order valence-electron chi connectivity index (χ0n) is 14.8. The quantitative estimate of drug-likeness (QED) is 0.779. The molecule has 1 atom stereocenters. The molecule has 1 aliphatic rings. The summed E-state index contributed by atoms with van der Waals surface area (Å²) < 4.78 is 11.2. The molecular weight excluding hydrogens is 352 g/mol. The van der Waals surface area contributed by atoms with Crippen molar-refractivity contribution in [1.82, 2.24) is 10.6 Å². The molecule has 1 saturated heterocycles. The van der Waals surface area contributed by atoms with E-state index in [1.54, 1.807) is 25.3 Å². The van der Waals surface area contributed by atoms with Crippen LogP contribution in [0.25, 0.3) is 0 Å². The highest BCUT2D eigenvalue weighted by atomic mass is 35.5. The fourth-order valence-corrected chi connectivity index (χ4v) is 3.04. The summed E-state index contributed by atoms with van der Waals surface area (Å²) in [4.78, 5) is 12.3. The lowest BCUT2D eigenvalue weighted by molar-refractivity contribution is 0.0950. The molecule has 0 bridgehead atoms. The van der Waals surface area contributed by atoms with Crippen LogP contribution in [0.3, 0.4) is 0 Å². The average Bonchev–Trinajstić information content (AvgIpc) is 3.19. The Balaban J connectivity index is 1.60. The molecule has 5 nitrogen and oxygen atoms in total. The van der Waals surface area contributed by atoms with Crippen LogP contribution in [0.1, 0.15) is 28.8 Å². The fourth-order valence-electron chi connectivity index (χ4n) is 2.92. The van der Waals surface area contributed by atoms with Crippen LogP contribution in [-0.2, 0) is 6.61 Å². The minimum Gasteiger partial charge on any atom is -0.493 e. The third kappa shape index (κ3) is 4.90. The standard InChI is InChI=1S/C20H23ClN2O3/c1-25-19-11-15(20(24)23-12-17-3-2-10-22-17)6-9-18(19)26-13-14-4-7-16(21)8-5-14/h4-9,11,17,22H,2-3,10,12-13H2,1H3,(H,23,24). The van der Waals surface area contributed by atoms with Crippen molar-refractivity contribution in [1.29, 1.82) is 0 Å². The van der Waals surface area contributed by atoms with E-state index < -0.39 is 0 Å². The molecule has 26 heavy (non-hydrogen) atoms. The molecular formula is C20H23ClN2O3. The Kier molecular flexibility index (Phi) is 6.36. The van der Waals surface area contributed by atoms with Gasteiger partial charge in [0.15, 0.2) is 11.5 Å². The van der Waals surface area contributed by atoms with Crippen LogP contribution < -0.4 is 20.1 Å². The normalized spacial score (nSPS) is 16.3. The van der Waals surface area contributed by atoms with Gasteiger partial charge >= 0.3 is 0 Å². The number of carbonyl (C=O) groups excluding carboxylic acids is 1. The molecule has 0 aromatic heterocycles. The minimum atomic E-state index is -0.110. The first-order chi connectivity index (χ1) is 12.7. The molecule has 0 aliphatic carbocycles. The maximum absolute atomic E-state index is 12.3. The van der Waals surface area contributed by atoms with E-state index in [1.165, 1.54) is 0 Å². The topological polar surface area (TPSA) is 59.6 Å². The van der Waals surface area contributed by atoms with E-state index >= 15 is 0 Å².